The minimum atomic E-state index is -0.355. The van der Waals surface area contributed by atoms with E-state index in [9.17, 15) is 4.79 Å². The third-order valence-corrected chi connectivity index (χ3v) is 5.25. The van der Waals surface area contributed by atoms with E-state index < -0.39 is 0 Å². The zero-order valence-electron chi connectivity index (χ0n) is 14.5. The number of esters is 1. The number of halogens is 1. The number of benzene rings is 2. The molecule has 0 N–H and O–H groups in total. The van der Waals surface area contributed by atoms with Crippen molar-refractivity contribution in [1.29, 1.82) is 0 Å². The second-order valence-electron chi connectivity index (χ2n) is 5.79. The van der Waals surface area contributed by atoms with E-state index >= 15 is 0 Å². The van der Waals surface area contributed by atoms with Crippen LogP contribution in [0.5, 0.6) is 0 Å². The lowest BCUT2D eigenvalue weighted by atomic mass is 10.2. The number of nitrogens with zero attached hydrogens (tertiary/aromatic N) is 1. The van der Waals surface area contributed by atoms with Crippen LogP contribution in [0.4, 0.5) is 0 Å². The summed E-state index contributed by atoms with van der Waals surface area (Å²) in [6.45, 7) is 3.99. The number of hydrogen-bond donors (Lipinski definition) is 0. The molecule has 1 heterocycles. The number of ether oxygens (including phenoxy) is 1. The van der Waals surface area contributed by atoms with Crippen LogP contribution < -0.4 is 0 Å². The SMILES string of the molecule is Cc1noc(C)c1CSc1ccccc1C(=O)OCc1cccc(Cl)c1. The first kappa shape index (κ1) is 18.5. The van der Waals surface area contributed by atoms with E-state index in [0.717, 1.165) is 27.5 Å². The Morgan fingerprint density at radius 3 is 2.73 bits per heavy atom. The number of aromatic nitrogens is 1. The van der Waals surface area contributed by atoms with Gasteiger partial charge in [0, 0.05) is 21.2 Å². The molecular formula is C20H18ClNO3S. The summed E-state index contributed by atoms with van der Waals surface area (Å²) < 4.78 is 10.6. The molecule has 0 saturated carbocycles. The highest BCUT2D eigenvalue weighted by Gasteiger charge is 2.15. The Morgan fingerprint density at radius 1 is 1.19 bits per heavy atom. The molecule has 0 amide bonds. The Labute approximate surface area is 161 Å². The predicted molar refractivity (Wildman–Crippen MR) is 103 cm³/mol. The van der Waals surface area contributed by atoms with Crippen LogP contribution in [0, 0.1) is 13.8 Å². The summed E-state index contributed by atoms with van der Waals surface area (Å²) in [5.74, 6) is 1.13. The maximum Gasteiger partial charge on any atom is 0.339 e. The molecule has 0 aliphatic carbocycles. The molecule has 4 nitrogen and oxygen atoms in total. The van der Waals surface area contributed by atoms with Crippen LogP contribution in [-0.4, -0.2) is 11.1 Å². The summed E-state index contributed by atoms with van der Waals surface area (Å²) in [6.07, 6.45) is 0. The quantitative estimate of drug-likeness (QED) is 0.407. The van der Waals surface area contributed by atoms with Crippen molar-refractivity contribution in [1.82, 2.24) is 5.16 Å². The molecule has 0 unspecified atom stereocenters. The number of rotatable bonds is 6. The summed E-state index contributed by atoms with van der Waals surface area (Å²) in [5, 5.41) is 4.58. The van der Waals surface area contributed by atoms with Gasteiger partial charge in [-0.15, -0.1) is 11.8 Å². The van der Waals surface area contributed by atoms with E-state index in [1.165, 1.54) is 0 Å². The van der Waals surface area contributed by atoms with Crippen LogP contribution >= 0.6 is 23.4 Å². The van der Waals surface area contributed by atoms with Crippen LogP contribution in [0.3, 0.4) is 0 Å². The molecule has 0 aliphatic heterocycles. The third-order valence-electron chi connectivity index (χ3n) is 3.92. The van der Waals surface area contributed by atoms with E-state index in [1.807, 2.05) is 44.2 Å². The van der Waals surface area contributed by atoms with Crippen LogP contribution in [0.1, 0.15) is 32.9 Å². The highest BCUT2D eigenvalue weighted by Crippen LogP contribution is 2.29. The summed E-state index contributed by atoms with van der Waals surface area (Å²) in [5.41, 5.74) is 3.33. The van der Waals surface area contributed by atoms with Crippen molar-refractivity contribution in [3.05, 3.63) is 81.7 Å². The average Bonchev–Trinajstić information content (AvgIpc) is 2.96. The number of carbonyl (C=O) groups excluding carboxylic acids is 1. The van der Waals surface area contributed by atoms with Crippen LogP contribution in [0.15, 0.2) is 57.9 Å². The zero-order valence-corrected chi connectivity index (χ0v) is 16.1. The molecule has 0 saturated heterocycles. The number of carbonyl (C=O) groups is 1. The summed E-state index contributed by atoms with van der Waals surface area (Å²) in [7, 11) is 0. The Hall–Kier alpha value is -2.24. The van der Waals surface area contributed by atoms with E-state index in [4.69, 9.17) is 20.9 Å². The Kier molecular flexibility index (Phi) is 6.01. The van der Waals surface area contributed by atoms with Crippen molar-refractivity contribution >= 4 is 29.3 Å². The smallest absolute Gasteiger partial charge is 0.339 e. The van der Waals surface area contributed by atoms with Gasteiger partial charge in [-0.2, -0.15) is 0 Å². The van der Waals surface area contributed by atoms with Crippen molar-refractivity contribution in [2.75, 3.05) is 0 Å². The molecular weight excluding hydrogens is 370 g/mol. The number of thioether (sulfide) groups is 1. The molecule has 3 rings (SSSR count). The molecule has 26 heavy (non-hydrogen) atoms. The first-order chi connectivity index (χ1) is 12.5. The Morgan fingerprint density at radius 2 is 2.00 bits per heavy atom. The normalized spacial score (nSPS) is 10.7. The van der Waals surface area contributed by atoms with Gasteiger partial charge in [0.05, 0.1) is 11.3 Å². The van der Waals surface area contributed by atoms with Crippen molar-refractivity contribution < 1.29 is 14.1 Å². The first-order valence-electron chi connectivity index (χ1n) is 8.09. The van der Waals surface area contributed by atoms with E-state index in [2.05, 4.69) is 5.16 Å². The number of aryl methyl sites for hydroxylation is 2. The Bertz CT molecular complexity index is 903. The molecule has 0 spiro atoms. The summed E-state index contributed by atoms with van der Waals surface area (Å²) in [4.78, 5) is 13.4. The minimum Gasteiger partial charge on any atom is -0.457 e. The summed E-state index contributed by atoms with van der Waals surface area (Å²) >= 11 is 7.52. The molecule has 3 aromatic rings. The van der Waals surface area contributed by atoms with Crippen molar-refractivity contribution in [2.24, 2.45) is 0 Å². The lowest BCUT2D eigenvalue weighted by Crippen LogP contribution is -2.06. The van der Waals surface area contributed by atoms with Crippen molar-refractivity contribution in [3.63, 3.8) is 0 Å². The molecule has 0 fully saturated rings. The van der Waals surface area contributed by atoms with Crippen molar-refractivity contribution in [3.8, 4) is 0 Å². The molecule has 0 radical (unpaired) electrons. The van der Waals surface area contributed by atoms with Gasteiger partial charge in [-0.25, -0.2) is 4.79 Å². The fourth-order valence-electron chi connectivity index (χ4n) is 2.47. The highest BCUT2D eigenvalue weighted by molar-refractivity contribution is 7.98. The second-order valence-corrected chi connectivity index (χ2v) is 7.25. The molecule has 0 bridgehead atoms. The molecule has 1 aromatic heterocycles. The van der Waals surface area contributed by atoms with E-state index in [-0.39, 0.29) is 12.6 Å². The zero-order chi connectivity index (χ0) is 18.5. The first-order valence-corrected chi connectivity index (χ1v) is 9.46. The average molecular weight is 388 g/mol. The molecule has 0 aliphatic rings. The topological polar surface area (TPSA) is 52.3 Å². The van der Waals surface area contributed by atoms with Crippen LogP contribution in [0.2, 0.25) is 5.02 Å². The lowest BCUT2D eigenvalue weighted by Gasteiger charge is -2.09. The number of hydrogen-bond acceptors (Lipinski definition) is 5. The van der Waals surface area contributed by atoms with E-state index in [0.29, 0.717) is 16.3 Å². The van der Waals surface area contributed by atoms with Gasteiger partial charge >= 0.3 is 5.97 Å². The monoisotopic (exact) mass is 387 g/mol. The largest absolute Gasteiger partial charge is 0.457 e. The van der Waals surface area contributed by atoms with Crippen LogP contribution in [-0.2, 0) is 17.1 Å². The molecule has 0 atom stereocenters. The Balaban J connectivity index is 1.69. The maximum absolute atomic E-state index is 12.5. The van der Waals surface area contributed by atoms with Gasteiger partial charge in [0.15, 0.2) is 0 Å². The molecule has 6 heteroatoms. The van der Waals surface area contributed by atoms with Gasteiger partial charge < -0.3 is 9.26 Å². The highest BCUT2D eigenvalue weighted by atomic mass is 35.5. The van der Waals surface area contributed by atoms with E-state index in [1.54, 1.807) is 30.0 Å². The fraction of sp³-hybridized carbons (Fsp3) is 0.200. The van der Waals surface area contributed by atoms with Gasteiger partial charge in [0.2, 0.25) is 0 Å². The third kappa shape index (κ3) is 4.48. The van der Waals surface area contributed by atoms with Crippen molar-refractivity contribution in [2.45, 2.75) is 31.1 Å². The predicted octanol–water partition coefficient (Wildman–Crippen LogP) is 5.59. The fourth-order valence-corrected chi connectivity index (χ4v) is 3.88. The van der Waals surface area contributed by atoms with Gasteiger partial charge in [-0.1, -0.05) is 41.0 Å². The van der Waals surface area contributed by atoms with Crippen LogP contribution in [0.25, 0.3) is 0 Å². The van der Waals surface area contributed by atoms with Gasteiger partial charge in [0.25, 0.3) is 0 Å². The van der Waals surface area contributed by atoms with Gasteiger partial charge in [0.1, 0.15) is 12.4 Å². The second kappa shape index (κ2) is 8.43. The summed E-state index contributed by atoms with van der Waals surface area (Å²) in [6, 6.07) is 14.7. The lowest BCUT2D eigenvalue weighted by molar-refractivity contribution is 0.0468. The standard InChI is InChI=1S/C20H18ClNO3S/c1-13-18(14(2)25-22-13)12-26-19-9-4-3-8-17(19)20(23)24-11-15-6-5-7-16(21)10-15/h3-10H,11-12H2,1-2H3. The molecule has 134 valence electrons. The van der Waals surface area contributed by atoms with Gasteiger partial charge in [-0.3, -0.25) is 0 Å². The maximum atomic E-state index is 12.5. The molecule has 2 aromatic carbocycles. The van der Waals surface area contributed by atoms with Gasteiger partial charge in [-0.05, 0) is 43.7 Å². The minimum absolute atomic E-state index is 0.183.